The van der Waals surface area contributed by atoms with Crippen LogP contribution in [0.4, 0.5) is 0 Å². The van der Waals surface area contributed by atoms with Crippen molar-refractivity contribution in [2.75, 3.05) is 0 Å². The van der Waals surface area contributed by atoms with Crippen LogP contribution in [0.25, 0.3) is 0 Å². The number of hydrogen-bond acceptors (Lipinski definition) is 0. The van der Waals surface area contributed by atoms with Crippen molar-refractivity contribution < 1.29 is 0 Å². The SMILES string of the molecule is [CH2]C1C2CCC1C2. The van der Waals surface area contributed by atoms with E-state index >= 15 is 0 Å². The van der Waals surface area contributed by atoms with Crippen molar-refractivity contribution in [3.05, 3.63) is 6.92 Å². The Morgan fingerprint density at radius 2 is 1.71 bits per heavy atom. The van der Waals surface area contributed by atoms with Crippen molar-refractivity contribution in [2.24, 2.45) is 17.8 Å². The van der Waals surface area contributed by atoms with Gasteiger partial charge in [0.2, 0.25) is 0 Å². The molecule has 0 saturated heterocycles. The Hall–Kier alpha value is 0. The predicted octanol–water partition coefficient (Wildman–Crippen LogP) is 1.87. The minimum atomic E-state index is 0.861. The van der Waals surface area contributed by atoms with E-state index in [9.17, 15) is 0 Å². The van der Waals surface area contributed by atoms with E-state index in [0.717, 1.165) is 17.8 Å². The van der Waals surface area contributed by atoms with Crippen molar-refractivity contribution in [3.63, 3.8) is 0 Å². The molecule has 39 valence electrons. The molecule has 2 atom stereocenters. The summed E-state index contributed by atoms with van der Waals surface area (Å²) in [5.74, 6) is 2.95. The molecule has 3 fully saturated rings. The highest BCUT2D eigenvalue weighted by Crippen LogP contribution is 2.52. The maximum atomic E-state index is 4.07. The van der Waals surface area contributed by atoms with Gasteiger partial charge in [-0.3, -0.25) is 0 Å². The van der Waals surface area contributed by atoms with Crippen LogP contribution in [0.15, 0.2) is 0 Å². The first kappa shape index (κ1) is 3.94. The van der Waals surface area contributed by atoms with Gasteiger partial charge in [0.05, 0.1) is 0 Å². The summed E-state index contributed by atoms with van der Waals surface area (Å²) in [6, 6.07) is 0. The van der Waals surface area contributed by atoms with Crippen molar-refractivity contribution in [1.82, 2.24) is 0 Å². The molecule has 2 unspecified atom stereocenters. The molecule has 0 aromatic carbocycles. The van der Waals surface area contributed by atoms with E-state index in [0.29, 0.717) is 0 Å². The summed E-state index contributed by atoms with van der Waals surface area (Å²) in [7, 11) is 0. The maximum Gasteiger partial charge on any atom is -0.0357 e. The number of rotatable bonds is 0. The molecule has 3 rings (SSSR count). The van der Waals surface area contributed by atoms with Crippen LogP contribution in [0.1, 0.15) is 19.3 Å². The molecule has 0 N–H and O–H groups in total. The first-order chi connectivity index (χ1) is 3.38. The zero-order valence-corrected chi connectivity index (χ0v) is 4.56. The molecular weight excluding hydrogens is 84.1 g/mol. The van der Waals surface area contributed by atoms with E-state index in [1.807, 2.05) is 0 Å². The Kier molecular flexibility index (Phi) is 0.586. The highest BCUT2D eigenvalue weighted by Gasteiger charge is 2.43. The van der Waals surface area contributed by atoms with Gasteiger partial charge in [-0.05, 0) is 43.9 Å². The minimum absolute atomic E-state index is 0.861. The van der Waals surface area contributed by atoms with Crippen LogP contribution >= 0.6 is 0 Å². The van der Waals surface area contributed by atoms with E-state index in [4.69, 9.17) is 0 Å². The molecule has 0 heteroatoms. The molecule has 0 aromatic rings. The fourth-order valence-electron chi connectivity index (χ4n) is 2.02. The average Bonchev–Trinajstić information content (AvgIpc) is 2.18. The first-order valence-corrected chi connectivity index (χ1v) is 3.21. The lowest BCUT2D eigenvalue weighted by molar-refractivity contribution is 0.207. The van der Waals surface area contributed by atoms with Gasteiger partial charge in [0.1, 0.15) is 0 Å². The van der Waals surface area contributed by atoms with Crippen LogP contribution in [0.5, 0.6) is 0 Å². The highest BCUT2D eigenvalue weighted by atomic mass is 14.5. The summed E-state index contributed by atoms with van der Waals surface area (Å²) in [4.78, 5) is 0. The zero-order chi connectivity index (χ0) is 4.85. The van der Waals surface area contributed by atoms with Crippen LogP contribution in [-0.2, 0) is 0 Å². The smallest absolute Gasteiger partial charge is 0.0357 e. The molecule has 0 nitrogen and oxygen atoms in total. The van der Waals surface area contributed by atoms with Gasteiger partial charge in [-0.25, -0.2) is 0 Å². The van der Waals surface area contributed by atoms with Crippen molar-refractivity contribution in [2.45, 2.75) is 19.3 Å². The Morgan fingerprint density at radius 3 is 1.86 bits per heavy atom. The van der Waals surface area contributed by atoms with Crippen LogP contribution in [-0.4, -0.2) is 0 Å². The summed E-state index contributed by atoms with van der Waals surface area (Å²) < 4.78 is 0. The fourth-order valence-corrected chi connectivity index (χ4v) is 2.02. The second-order valence-electron chi connectivity index (χ2n) is 3.00. The maximum absolute atomic E-state index is 4.07. The Bertz CT molecular complexity index is 72.0. The van der Waals surface area contributed by atoms with Gasteiger partial charge in [0.25, 0.3) is 0 Å². The summed E-state index contributed by atoms with van der Waals surface area (Å²) in [5.41, 5.74) is 0. The van der Waals surface area contributed by atoms with Crippen LogP contribution < -0.4 is 0 Å². The van der Waals surface area contributed by atoms with Gasteiger partial charge >= 0.3 is 0 Å². The average molecular weight is 95.2 g/mol. The molecule has 3 aliphatic carbocycles. The minimum Gasteiger partial charge on any atom is -0.0499 e. The monoisotopic (exact) mass is 95.1 g/mol. The second kappa shape index (κ2) is 1.04. The lowest BCUT2D eigenvalue weighted by atomic mass is 9.74. The third kappa shape index (κ3) is 0.332. The fraction of sp³-hybridized carbons (Fsp3) is 0.857. The summed E-state index contributed by atoms with van der Waals surface area (Å²) >= 11 is 0. The first-order valence-electron chi connectivity index (χ1n) is 3.21. The van der Waals surface area contributed by atoms with E-state index in [1.54, 1.807) is 0 Å². The second-order valence-corrected chi connectivity index (χ2v) is 3.00. The molecule has 0 aromatic heterocycles. The Morgan fingerprint density at radius 1 is 1.14 bits per heavy atom. The topological polar surface area (TPSA) is 0 Å². The molecule has 0 heterocycles. The molecule has 0 amide bonds. The number of hydrogen-bond donors (Lipinski definition) is 0. The van der Waals surface area contributed by atoms with Gasteiger partial charge in [-0.1, -0.05) is 0 Å². The van der Waals surface area contributed by atoms with Crippen molar-refractivity contribution in [1.29, 1.82) is 0 Å². The normalized spacial score (nSPS) is 57.0. The van der Waals surface area contributed by atoms with Gasteiger partial charge in [0, 0.05) is 0 Å². The van der Waals surface area contributed by atoms with Gasteiger partial charge in [-0.2, -0.15) is 0 Å². The largest absolute Gasteiger partial charge is 0.0499 e. The molecular formula is C7H11. The van der Waals surface area contributed by atoms with Crippen molar-refractivity contribution in [3.8, 4) is 0 Å². The quantitative estimate of drug-likeness (QED) is 0.431. The lowest BCUT2D eigenvalue weighted by Gasteiger charge is -2.31. The van der Waals surface area contributed by atoms with Crippen LogP contribution in [0.2, 0.25) is 0 Å². The summed E-state index contributed by atoms with van der Waals surface area (Å²) in [6.45, 7) is 4.07. The third-order valence-electron chi connectivity index (χ3n) is 2.72. The van der Waals surface area contributed by atoms with Crippen LogP contribution in [0.3, 0.4) is 0 Å². The third-order valence-corrected chi connectivity index (χ3v) is 2.72. The van der Waals surface area contributed by atoms with Gasteiger partial charge in [0.15, 0.2) is 0 Å². The lowest BCUT2D eigenvalue weighted by Crippen LogP contribution is -2.24. The van der Waals surface area contributed by atoms with E-state index in [1.165, 1.54) is 19.3 Å². The van der Waals surface area contributed by atoms with E-state index in [-0.39, 0.29) is 0 Å². The molecule has 3 saturated carbocycles. The zero-order valence-electron chi connectivity index (χ0n) is 4.56. The van der Waals surface area contributed by atoms with Gasteiger partial charge < -0.3 is 0 Å². The standard InChI is InChI=1S/C7H11/c1-5-6-2-3-7(5)4-6/h5-7H,1-4H2. The highest BCUT2D eigenvalue weighted by molar-refractivity contribution is 4.96. The summed E-state index contributed by atoms with van der Waals surface area (Å²) in [5, 5.41) is 0. The van der Waals surface area contributed by atoms with E-state index in [2.05, 4.69) is 6.92 Å². The molecule has 7 heavy (non-hydrogen) atoms. The summed E-state index contributed by atoms with van der Waals surface area (Å²) in [6.07, 6.45) is 4.48. The van der Waals surface area contributed by atoms with Gasteiger partial charge in [-0.15, -0.1) is 0 Å². The molecule has 3 aliphatic rings. The molecule has 0 aliphatic heterocycles. The predicted molar refractivity (Wildman–Crippen MR) is 29.7 cm³/mol. The van der Waals surface area contributed by atoms with Crippen molar-refractivity contribution >= 4 is 0 Å². The van der Waals surface area contributed by atoms with E-state index < -0.39 is 0 Å². The molecule has 0 spiro atoms. The molecule has 1 radical (unpaired) electrons. The Balaban J connectivity index is 2.14. The van der Waals surface area contributed by atoms with Crippen LogP contribution in [0, 0.1) is 24.7 Å². The Labute approximate surface area is 44.9 Å². The number of fused-ring (bicyclic) bond motifs is 1. The molecule has 2 bridgehead atoms.